The first kappa shape index (κ1) is 11.6. The topological polar surface area (TPSA) is 84.9 Å². The summed E-state index contributed by atoms with van der Waals surface area (Å²) in [5.74, 6) is 1.10. The number of ether oxygens (including phenoxy) is 2. The number of rotatable bonds is 6. The summed E-state index contributed by atoms with van der Waals surface area (Å²) < 4.78 is 10.3. The smallest absolute Gasteiger partial charge is 0.142 e. The minimum Gasteiger partial charge on any atom is -0.491 e. The zero-order valence-electron chi connectivity index (χ0n) is 8.35. The van der Waals surface area contributed by atoms with Crippen molar-refractivity contribution in [1.82, 2.24) is 0 Å². The van der Waals surface area contributed by atoms with Gasteiger partial charge in [-0.15, -0.1) is 0 Å². The Morgan fingerprint density at radius 2 is 1.73 bits per heavy atom. The van der Waals surface area contributed by atoms with Gasteiger partial charge in [-0.3, -0.25) is 0 Å². The molecule has 0 unspecified atom stereocenters. The van der Waals surface area contributed by atoms with Crippen LogP contribution >= 0.6 is 0 Å². The molecule has 84 valence electrons. The zero-order valence-corrected chi connectivity index (χ0v) is 8.35. The Kier molecular flexibility index (Phi) is 4.73. The second-order valence-corrected chi connectivity index (χ2v) is 2.84. The Hall–Kier alpha value is -1.46. The van der Waals surface area contributed by atoms with Gasteiger partial charge in [0.05, 0.1) is 18.9 Å². The van der Waals surface area contributed by atoms with Crippen molar-refractivity contribution in [3.05, 3.63) is 18.2 Å². The van der Waals surface area contributed by atoms with E-state index in [0.717, 1.165) is 0 Å². The van der Waals surface area contributed by atoms with Crippen LogP contribution in [-0.4, -0.2) is 36.6 Å². The van der Waals surface area contributed by atoms with Gasteiger partial charge in [-0.1, -0.05) is 0 Å². The summed E-state index contributed by atoms with van der Waals surface area (Å²) in [6.07, 6.45) is 0. The predicted molar refractivity (Wildman–Crippen MR) is 56.0 cm³/mol. The van der Waals surface area contributed by atoms with Crippen molar-refractivity contribution < 1.29 is 19.7 Å². The fourth-order valence-corrected chi connectivity index (χ4v) is 1.07. The van der Waals surface area contributed by atoms with Crippen LogP contribution in [0.1, 0.15) is 0 Å². The molecule has 0 radical (unpaired) electrons. The molecule has 0 saturated carbocycles. The lowest BCUT2D eigenvalue weighted by Crippen LogP contribution is -2.05. The molecule has 0 aliphatic heterocycles. The van der Waals surface area contributed by atoms with E-state index in [4.69, 9.17) is 25.4 Å². The number of hydrogen-bond acceptors (Lipinski definition) is 5. The average Bonchev–Trinajstić information content (AvgIpc) is 2.25. The molecule has 15 heavy (non-hydrogen) atoms. The van der Waals surface area contributed by atoms with E-state index in [0.29, 0.717) is 17.2 Å². The zero-order chi connectivity index (χ0) is 11.1. The SMILES string of the molecule is Nc1cc(OCCO)ccc1OCCO. The highest BCUT2D eigenvalue weighted by Gasteiger charge is 2.02. The molecular formula is C10H15NO4. The molecular weight excluding hydrogens is 198 g/mol. The average molecular weight is 213 g/mol. The van der Waals surface area contributed by atoms with Crippen molar-refractivity contribution in [1.29, 1.82) is 0 Å². The third-order valence-electron chi connectivity index (χ3n) is 1.69. The molecule has 0 amide bonds. The van der Waals surface area contributed by atoms with Gasteiger partial charge in [-0.05, 0) is 12.1 Å². The van der Waals surface area contributed by atoms with Gasteiger partial charge < -0.3 is 25.4 Å². The molecule has 0 saturated heterocycles. The molecule has 0 aliphatic carbocycles. The van der Waals surface area contributed by atoms with Gasteiger partial charge in [0, 0.05) is 6.07 Å². The van der Waals surface area contributed by atoms with Crippen molar-refractivity contribution >= 4 is 5.69 Å². The van der Waals surface area contributed by atoms with Crippen LogP contribution in [0.3, 0.4) is 0 Å². The van der Waals surface area contributed by atoms with Crippen molar-refractivity contribution in [3.63, 3.8) is 0 Å². The van der Waals surface area contributed by atoms with Crippen LogP contribution in [0.15, 0.2) is 18.2 Å². The molecule has 1 aromatic carbocycles. The van der Waals surface area contributed by atoms with Crippen LogP contribution in [0.25, 0.3) is 0 Å². The molecule has 1 rings (SSSR count). The lowest BCUT2D eigenvalue weighted by molar-refractivity contribution is 0.198. The van der Waals surface area contributed by atoms with Crippen LogP contribution in [0.5, 0.6) is 11.5 Å². The Bertz CT molecular complexity index is 303. The molecule has 0 aromatic heterocycles. The third kappa shape index (κ3) is 3.65. The second-order valence-electron chi connectivity index (χ2n) is 2.84. The first-order valence-electron chi connectivity index (χ1n) is 4.64. The van der Waals surface area contributed by atoms with Gasteiger partial charge in [0.25, 0.3) is 0 Å². The van der Waals surface area contributed by atoms with E-state index >= 15 is 0 Å². The maximum atomic E-state index is 8.57. The number of nitrogen functional groups attached to an aromatic ring is 1. The Balaban J connectivity index is 2.61. The maximum Gasteiger partial charge on any atom is 0.142 e. The number of benzene rings is 1. The molecule has 0 bridgehead atoms. The monoisotopic (exact) mass is 213 g/mol. The van der Waals surface area contributed by atoms with E-state index in [1.54, 1.807) is 18.2 Å². The highest BCUT2D eigenvalue weighted by Crippen LogP contribution is 2.26. The quantitative estimate of drug-likeness (QED) is 0.580. The molecule has 4 N–H and O–H groups in total. The molecule has 0 aliphatic rings. The van der Waals surface area contributed by atoms with E-state index in [9.17, 15) is 0 Å². The standard InChI is InChI=1S/C10H15NO4/c11-9-7-8(14-5-3-12)1-2-10(9)15-6-4-13/h1-2,7,12-13H,3-6,11H2. The molecule has 0 heterocycles. The van der Waals surface area contributed by atoms with Crippen molar-refractivity contribution in [3.8, 4) is 11.5 Å². The van der Waals surface area contributed by atoms with Crippen LogP contribution < -0.4 is 15.2 Å². The van der Waals surface area contributed by atoms with Gasteiger partial charge >= 0.3 is 0 Å². The fourth-order valence-electron chi connectivity index (χ4n) is 1.07. The van der Waals surface area contributed by atoms with Crippen LogP contribution in [0.4, 0.5) is 5.69 Å². The first-order chi connectivity index (χ1) is 7.27. The van der Waals surface area contributed by atoms with Crippen molar-refractivity contribution in [2.45, 2.75) is 0 Å². The molecule has 1 aromatic rings. The maximum absolute atomic E-state index is 8.57. The van der Waals surface area contributed by atoms with E-state index in [1.807, 2.05) is 0 Å². The molecule has 0 atom stereocenters. The van der Waals surface area contributed by atoms with E-state index in [2.05, 4.69) is 0 Å². The Morgan fingerprint density at radius 3 is 2.33 bits per heavy atom. The summed E-state index contributed by atoms with van der Waals surface area (Å²) in [7, 11) is 0. The summed E-state index contributed by atoms with van der Waals surface area (Å²) in [6.45, 7) is 0.349. The lowest BCUT2D eigenvalue weighted by atomic mass is 10.3. The number of aliphatic hydroxyl groups excluding tert-OH is 2. The Morgan fingerprint density at radius 1 is 1.07 bits per heavy atom. The summed E-state index contributed by atoms with van der Waals surface area (Å²) in [5.41, 5.74) is 6.13. The van der Waals surface area contributed by atoms with Gasteiger partial charge in [0.1, 0.15) is 24.7 Å². The fraction of sp³-hybridized carbons (Fsp3) is 0.400. The molecule has 5 heteroatoms. The van der Waals surface area contributed by atoms with E-state index in [-0.39, 0.29) is 26.4 Å². The van der Waals surface area contributed by atoms with Crippen molar-refractivity contribution in [2.75, 3.05) is 32.2 Å². The molecule has 0 spiro atoms. The molecule has 5 nitrogen and oxygen atoms in total. The Labute approximate surface area is 88.0 Å². The largest absolute Gasteiger partial charge is 0.491 e. The summed E-state index contributed by atoms with van der Waals surface area (Å²) in [4.78, 5) is 0. The van der Waals surface area contributed by atoms with Gasteiger partial charge in [-0.25, -0.2) is 0 Å². The first-order valence-corrected chi connectivity index (χ1v) is 4.64. The third-order valence-corrected chi connectivity index (χ3v) is 1.69. The molecule has 0 fully saturated rings. The van der Waals surface area contributed by atoms with Crippen LogP contribution in [-0.2, 0) is 0 Å². The minimum atomic E-state index is -0.0534. The second kappa shape index (κ2) is 6.10. The minimum absolute atomic E-state index is 0.0390. The number of aliphatic hydroxyl groups is 2. The summed E-state index contributed by atoms with van der Waals surface area (Å²) in [5, 5.41) is 17.1. The van der Waals surface area contributed by atoms with E-state index < -0.39 is 0 Å². The number of anilines is 1. The van der Waals surface area contributed by atoms with E-state index in [1.165, 1.54) is 0 Å². The van der Waals surface area contributed by atoms with Gasteiger partial charge in [-0.2, -0.15) is 0 Å². The lowest BCUT2D eigenvalue weighted by Gasteiger charge is -2.09. The van der Waals surface area contributed by atoms with Crippen LogP contribution in [0, 0.1) is 0 Å². The summed E-state index contributed by atoms with van der Waals surface area (Å²) >= 11 is 0. The normalized spacial score (nSPS) is 10.0. The summed E-state index contributed by atoms with van der Waals surface area (Å²) in [6, 6.07) is 4.97. The number of hydrogen-bond donors (Lipinski definition) is 3. The van der Waals surface area contributed by atoms with Crippen LogP contribution in [0.2, 0.25) is 0 Å². The predicted octanol–water partition coefficient (Wildman–Crippen LogP) is 0.0110. The highest BCUT2D eigenvalue weighted by molar-refractivity contribution is 5.56. The number of nitrogens with two attached hydrogens (primary N) is 1. The van der Waals surface area contributed by atoms with Gasteiger partial charge in [0.2, 0.25) is 0 Å². The van der Waals surface area contributed by atoms with Gasteiger partial charge in [0.15, 0.2) is 0 Å². The highest BCUT2D eigenvalue weighted by atomic mass is 16.5. The van der Waals surface area contributed by atoms with Crippen molar-refractivity contribution in [2.24, 2.45) is 0 Å².